The van der Waals surface area contributed by atoms with Gasteiger partial charge in [-0.25, -0.2) is 4.98 Å². The Morgan fingerprint density at radius 3 is 2.89 bits per heavy atom. The second-order valence-electron chi connectivity index (χ2n) is 6.32. The molecule has 0 spiro atoms. The van der Waals surface area contributed by atoms with E-state index in [0.717, 1.165) is 23.7 Å². The number of hydrogen-bond acceptors (Lipinski definition) is 3. The predicted octanol–water partition coefficient (Wildman–Crippen LogP) is 2.03. The van der Waals surface area contributed by atoms with Crippen LogP contribution < -0.4 is 5.32 Å². The van der Waals surface area contributed by atoms with Gasteiger partial charge in [0.1, 0.15) is 5.69 Å². The van der Waals surface area contributed by atoms with Crippen molar-refractivity contribution in [1.29, 1.82) is 0 Å². The topological polar surface area (TPSA) is 54.9 Å². The van der Waals surface area contributed by atoms with Crippen molar-refractivity contribution in [2.24, 2.45) is 23.7 Å². The van der Waals surface area contributed by atoms with E-state index in [9.17, 15) is 4.79 Å². The summed E-state index contributed by atoms with van der Waals surface area (Å²) in [4.78, 5) is 20.2. The van der Waals surface area contributed by atoms with E-state index in [2.05, 4.69) is 15.3 Å². The molecule has 0 aliphatic heterocycles. The Balaban J connectivity index is 1.46. The molecule has 1 heterocycles. The third kappa shape index (κ3) is 1.77. The maximum atomic E-state index is 12.2. The molecule has 4 nitrogen and oxygen atoms in total. The molecule has 5 unspecified atom stereocenters. The monoisotopic (exact) mass is 257 g/mol. The fourth-order valence-electron chi connectivity index (χ4n) is 4.89. The number of rotatable bonds is 2. The molecule has 0 saturated heterocycles. The SMILES string of the molecule is O=C(NC1CC2CC1C1CCCC21)c1cnccn1. The average molecular weight is 257 g/mol. The first-order valence-electron chi connectivity index (χ1n) is 7.40. The number of nitrogens with one attached hydrogen (secondary N) is 1. The second-order valence-corrected chi connectivity index (χ2v) is 6.32. The van der Waals surface area contributed by atoms with Crippen LogP contribution in [0.5, 0.6) is 0 Å². The Morgan fingerprint density at radius 2 is 2.05 bits per heavy atom. The molecule has 4 rings (SSSR count). The number of carbonyl (C=O) groups excluding carboxylic acids is 1. The Morgan fingerprint density at radius 1 is 1.16 bits per heavy atom. The molecule has 19 heavy (non-hydrogen) atoms. The van der Waals surface area contributed by atoms with Crippen LogP contribution >= 0.6 is 0 Å². The van der Waals surface area contributed by atoms with Crippen LogP contribution in [0.4, 0.5) is 0 Å². The zero-order chi connectivity index (χ0) is 12.8. The van der Waals surface area contributed by atoms with Crippen LogP contribution in [-0.2, 0) is 0 Å². The van der Waals surface area contributed by atoms with E-state index in [1.165, 1.54) is 32.1 Å². The van der Waals surface area contributed by atoms with Gasteiger partial charge in [0.15, 0.2) is 0 Å². The molecular weight excluding hydrogens is 238 g/mol. The minimum Gasteiger partial charge on any atom is -0.348 e. The lowest BCUT2D eigenvalue weighted by atomic mass is 9.79. The van der Waals surface area contributed by atoms with Gasteiger partial charge in [-0.2, -0.15) is 0 Å². The molecule has 0 aromatic carbocycles. The maximum absolute atomic E-state index is 12.2. The highest BCUT2D eigenvalue weighted by Crippen LogP contribution is 2.58. The van der Waals surface area contributed by atoms with Crippen LogP contribution in [0.1, 0.15) is 42.6 Å². The van der Waals surface area contributed by atoms with Gasteiger partial charge in [0.2, 0.25) is 0 Å². The molecule has 3 aliphatic carbocycles. The van der Waals surface area contributed by atoms with Crippen molar-refractivity contribution in [1.82, 2.24) is 15.3 Å². The van der Waals surface area contributed by atoms with Gasteiger partial charge in [-0.15, -0.1) is 0 Å². The summed E-state index contributed by atoms with van der Waals surface area (Å²) in [5.74, 6) is 3.38. The lowest BCUT2D eigenvalue weighted by Crippen LogP contribution is -2.42. The van der Waals surface area contributed by atoms with Crippen LogP contribution in [0.25, 0.3) is 0 Å². The molecule has 1 N–H and O–H groups in total. The molecule has 0 radical (unpaired) electrons. The lowest BCUT2D eigenvalue weighted by Gasteiger charge is -2.31. The highest BCUT2D eigenvalue weighted by atomic mass is 16.1. The van der Waals surface area contributed by atoms with Crippen molar-refractivity contribution in [2.75, 3.05) is 0 Å². The van der Waals surface area contributed by atoms with Gasteiger partial charge in [0.25, 0.3) is 5.91 Å². The highest BCUT2D eigenvalue weighted by Gasteiger charge is 2.54. The minimum atomic E-state index is -0.0554. The Bertz CT molecular complexity index is 489. The number of fused-ring (bicyclic) bond motifs is 5. The van der Waals surface area contributed by atoms with Crippen molar-refractivity contribution >= 4 is 5.91 Å². The van der Waals surface area contributed by atoms with Gasteiger partial charge in [0.05, 0.1) is 6.20 Å². The number of aromatic nitrogens is 2. The highest BCUT2D eigenvalue weighted by molar-refractivity contribution is 5.92. The van der Waals surface area contributed by atoms with Crippen molar-refractivity contribution in [3.05, 3.63) is 24.3 Å². The quantitative estimate of drug-likeness (QED) is 0.882. The zero-order valence-electron chi connectivity index (χ0n) is 11.0. The summed E-state index contributed by atoms with van der Waals surface area (Å²) >= 11 is 0. The molecule has 3 saturated carbocycles. The van der Waals surface area contributed by atoms with E-state index < -0.39 is 0 Å². The summed E-state index contributed by atoms with van der Waals surface area (Å²) in [6.07, 6.45) is 11.4. The molecule has 2 bridgehead atoms. The number of carbonyl (C=O) groups is 1. The van der Waals surface area contributed by atoms with Crippen molar-refractivity contribution in [3.63, 3.8) is 0 Å². The minimum absolute atomic E-state index is 0.0554. The normalized spacial score (nSPS) is 39.3. The van der Waals surface area contributed by atoms with Crippen LogP contribution in [0.3, 0.4) is 0 Å². The smallest absolute Gasteiger partial charge is 0.271 e. The van der Waals surface area contributed by atoms with Gasteiger partial charge in [-0.05, 0) is 49.4 Å². The van der Waals surface area contributed by atoms with Gasteiger partial charge < -0.3 is 5.32 Å². The van der Waals surface area contributed by atoms with Crippen LogP contribution in [-0.4, -0.2) is 21.9 Å². The Kier molecular flexibility index (Phi) is 2.57. The van der Waals surface area contributed by atoms with E-state index in [1.54, 1.807) is 18.6 Å². The van der Waals surface area contributed by atoms with Crippen LogP contribution in [0, 0.1) is 23.7 Å². The van der Waals surface area contributed by atoms with E-state index in [0.29, 0.717) is 11.7 Å². The van der Waals surface area contributed by atoms with E-state index in [1.807, 2.05) is 0 Å². The predicted molar refractivity (Wildman–Crippen MR) is 70.3 cm³/mol. The molecule has 4 heteroatoms. The van der Waals surface area contributed by atoms with Crippen LogP contribution in [0.15, 0.2) is 18.6 Å². The molecule has 3 fully saturated rings. The molecule has 5 atom stereocenters. The Hall–Kier alpha value is -1.45. The molecule has 1 aromatic heterocycles. The fraction of sp³-hybridized carbons (Fsp3) is 0.667. The first kappa shape index (κ1) is 11.4. The maximum Gasteiger partial charge on any atom is 0.271 e. The van der Waals surface area contributed by atoms with Crippen LogP contribution in [0.2, 0.25) is 0 Å². The van der Waals surface area contributed by atoms with Crippen molar-refractivity contribution in [3.8, 4) is 0 Å². The summed E-state index contributed by atoms with van der Waals surface area (Å²) in [6.45, 7) is 0. The number of hydrogen-bond donors (Lipinski definition) is 1. The zero-order valence-corrected chi connectivity index (χ0v) is 11.0. The molecule has 100 valence electrons. The first-order valence-corrected chi connectivity index (χ1v) is 7.40. The van der Waals surface area contributed by atoms with Gasteiger partial charge in [-0.3, -0.25) is 9.78 Å². The standard InChI is InChI=1S/C15H19N3O/c19-15(14-8-16-4-5-17-14)18-13-7-9-6-12(13)11-3-1-2-10(9)11/h4-5,8-13H,1-3,6-7H2,(H,18,19). The molecule has 1 amide bonds. The van der Waals surface area contributed by atoms with E-state index in [4.69, 9.17) is 0 Å². The van der Waals surface area contributed by atoms with Gasteiger partial charge in [0, 0.05) is 18.4 Å². The Labute approximate surface area is 113 Å². The lowest BCUT2D eigenvalue weighted by molar-refractivity contribution is 0.0895. The molecule has 3 aliphatic rings. The summed E-state index contributed by atoms with van der Waals surface area (Å²) in [6, 6.07) is 0.374. The summed E-state index contributed by atoms with van der Waals surface area (Å²) in [5, 5.41) is 3.20. The molecule has 1 aromatic rings. The van der Waals surface area contributed by atoms with Gasteiger partial charge >= 0.3 is 0 Å². The van der Waals surface area contributed by atoms with Crippen molar-refractivity contribution < 1.29 is 4.79 Å². The number of amides is 1. The van der Waals surface area contributed by atoms with E-state index in [-0.39, 0.29) is 5.91 Å². The average Bonchev–Trinajstić information content (AvgIpc) is 3.11. The van der Waals surface area contributed by atoms with Gasteiger partial charge in [-0.1, -0.05) is 6.42 Å². The summed E-state index contributed by atoms with van der Waals surface area (Å²) < 4.78 is 0. The van der Waals surface area contributed by atoms with E-state index >= 15 is 0 Å². The molecular formula is C15H19N3O. The number of nitrogens with zero attached hydrogens (tertiary/aromatic N) is 2. The summed E-state index contributed by atoms with van der Waals surface area (Å²) in [7, 11) is 0. The second kappa shape index (κ2) is 4.29. The fourth-order valence-corrected chi connectivity index (χ4v) is 4.89. The summed E-state index contributed by atoms with van der Waals surface area (Å²) in [5.41, 5.74) is 0.438. The third-order valence-corrected chi connectivity index (χ3v) is 5.54. The first-order chi connectivity index (χ1) is 9.33. The largest absolute Gasteiger partial charge is 0.348 e. The third-order valence-electron chi connectivity index (χ3n) is 5.54. The van der Waals surface area contributed by atoms with Crippen molar-refractivity contribution in [2.45, 2.75) is 38.1 Å².